The molecule has 3 rings (SSSR count). The van der Waals surface area contributed by atoms with Gasteiger partial charge in [0.15, 0.2) is 0 Å². The van der Waals surface area contributed by atoms with Crippen LogP contribution in [0.3, 0.4) is 0 Å². The lowest BCUT2D eigenvalue weighted by Gasteiger charge is -2.34. The Hall–Kier alpha value is -0.120. The van der Waals surface area contributed by atoms with Gasteiger partial charge in [0, 0.05) is 6.54 Å². The molecule has 2 heterocycles. The number of nitrogens with one attached hydrogen (secondary N) is 1. The fraction of sp³-hybridized carbons (Fsp3) is 1.00. The maximum atomic E-state index is 6.31. The molecule has 0 amide bonds. The van der Waals surface area contributed by atoms with Gasteiger partial charge in [0.2, 0.25) is 0 Å². The molecule has 1 unspecified atom stereocenters. The van der Waals surface area contributed by atoms with Crippen LogP contribution in [0.15, 0.2) is 0 Å². The molecule has 1 saturated carbocycles. The average molecular weight is 225 g/mol. The van der Waals surface area contributed by atoms with E-state index in [1.54, 1.807) is 0 Å². The Morgan fingerprint density at radius 2 is 1.88 bits per heavy atom. The molecule has 0 aromatic rings. The Labute approximate surface area is 97.9 Å². The summed E-state index contributed by atoms with van der Waals surface area (Å²) in [5.74, 6) is 0. The number of ether oxygens (including phenoxy) is 2. The van der Waals surface area contributed by atoms with Crippen molar-refractivity contribution in [1.82, 2.24) is 5.32 Å². The van der Waals surface area contributed by atoms with E-state index in [1.807, 2.05) is 0 Å². The third-order valence-electron chi connectivity index (χ3n) is 4.38. The van der Waals surface area contributed by atoms with Gasteiger partial charge in [-0.2, -0.15) is 0 Å². The highest BCUT2D eigenvalue weighted by Crippen LogP contribution is 2.41. The van der Waals surface area contributed by atoms with E-state index < -0.39 is 0 Å². The zero-order valence-corrected chi connectivity index (χ0v) is 10.0. The van der Waals surface area contributed by atoms with Crippen molar-refractivity contribution in [2.45, 2.75) is 62.7 Å². The summed E-state index contributed by atoms with van der Waals surface area (Å²) in [4.78, 5) is 0. The van der Waals surface area contributed by atoms with Gasteiger partial charge in [0.25, 0.3) is 0 Å². The first-order valence-electron chi connectivity index (χ1n) is 6.85. The van der Waals surface area contributed by atoms with Crippen LogP contribution >= 0.6 is 0 Å². The number of rotatable bonds is 3. The van der Waals surface area contributed by atoms with E-state index in [0.29, 0.717) is 12.1 Å². The minimum absolute atomic E-state index is 0.278. The van der Waals surface area contributed by atoms with Gasteiger partial charge in [-0.1, -0.05) is 19.3 Å². The van der Waals surface area contributed by atoms with Gasteiger partial charge in [-0.05, 0) is 25.7 Å². The van der Waals surface area contributed by atoms with Crippen LogP contribution in [0.4, 0.5) is 0 Å². The molecule has 0 aromatic carbocycles. The molecule has 0 aromatic heterocycles. The molecule has 0 radical (unpaired) electrons. The van der Waals surface area contributed by atoms with Crippen molar-refractivity contribution in [3.05, 3.63) is 0 Å². The maximum absolute atomic E-state index is 6.31. The zero-order valence-electron chi connectivity index (χ0n) is 10.0. The van der Waals surface area contributed by atoms with E-state index in [0.717, 1.165) is 19.8 Å². The summed E-state index contributed by atoms with van der Waals surface area (Å²) < 4.78 is 11.5. The fourth-order valence-electron chi connectivity index (χ4n) is 3.25. The lowest BCUT2D eigenvalue weighted by Crippen LogP contribution is -2.48. The zero-order chi connectivity index (χ0) is 10.8. The molecule has 92 valence electrons. The predicted molar refractivity (Wildman–Crippen MR) is 62.5 cm³/mol. The molecular formula is C13H23NO2. The van der Waals surface area contributed by atoms with Gasteiger partial charge in [-0.25, -0.2) is 0 Å². The highest BCUT2D eigenvalue weighted by molar-refractivity contribution is 4.92. The smallest absolute Gasteiger partial charge is 0.0708 e. The van der Waals surface area contributed by atoms with Crippen molar-refractivity contribution in [2.75, 3.05) is 19.8 Å². The lowest BCUT2D eigenvalue weighted by molar-refractivity contribution is -0.0686. The molecule has 3 aliphatic rings. The summed E-state index contributed by atoms with van der Waals surface area (Å²) in [6, 6.07) is 0.589. The summed E-state index contributed by atoms with van der Waals surface area (Å²) in [6.45, 7) is 2.80. The van der Waals surface area contributed by atoms with Crippen molar-refractivity contribution < 1.29 is 9.47 Å². The molecule has 1 aliphatic carbocycles. The minimum atomic E-state index is 0.278. The summed E-state index contributed by atoms with van der Waals surface area (Å²) in [7, 11) is 0. The van der Waals surface area contributed by atoms with Crippen molar-refractivity contribution in [3.8, 4) is 0 Å². The van der Waals surface area contributed by atoms with E-state index in [9.17, 15) is 0 Å². The standard InChI is InChI=1S/C13H23NO2/c1-2-5-13(6-3-1)7-4-12(16-13)8-14-11-9-15-10-11/h11-12,14H,1-10H2. The van der Waals surface area contributed by atoms with Gasteiger partial charge >= 0.3 is 0 Å². The first-order valence-corrected chi connectivity index (χ1v) is 6.85. The highest BCUT2D eigenvalue weighted by atomic mass is 16.5. The van der Waals surface area contributed by atoms with Crippen LogP contribution in [0.5, 0.6) is 0 Å². The van der Waals surface area contributed by atoms with E-state index in [1.165, 1.54) is 44.9 Å². The second-order valence-corrected chi connectivity index (χ2v) is 5.66. The molecule has 1 spiro atoms. The van der Waals surface area contributed by atoms with Crippen LogP contribution in [0.25, 0.3) is 0 Å². The topological polar surface area (TPSA) is 30.5 Å². The molecule has 0 bridgehead atoms. The van der Waals surface area contributed by atoms with E-state index in [4.69, 9.17) is 9.47 Å². The SMILES string of the molecule is C1CCC2(CC1)CCC(CNC1COC1)O2. The Morgan fingerprint density at radius 1 is 1.06 bits per heavy atom. The Bertz CT molecular complexity index is 234. The third kappa shape index (κ3) is 2.27. The van der Waals surface area contributed by atoms with Crippen LogP contribution in [0.2, 0.25) is 0 Å². The van der Waals surface area contributed by atoms with E-state index in [-0.39, 0.29) is 5.60 Å². The molecule has 3 heteroatoms. The largest absolute Gasteiger partial charge is 0.378 e. The van der Waals surface area contributed by atoms with Crippen molar-refractivity contribution in [2.24, 2.45) is 0 Å². The Kier molecular flexibility index (Phi) is 3.18. The maximum Gasteiger partial charge on any atom is 0.0708 e. The van der Waals surface area contributed by atoms with Gasteiger partial charge < -0.3 is 14.8 Å². The van der Waals surface area contributed by atoms with Gasteiger partial charge in [-0.3, -0.25) is 0 Å². The normalized spacial score (nSPS) is 34.1. The quantitative estimate of drug-likeness (QED) is 0.795. The molecule has 1 N–H and O–H groups in total. The summed E-state index contributed by atoms with van der Waals surface area (Å²) in [5.41, 5.74) is 0.278. The molecular weight excluding hydrogens is 202 g/mol. The number of hydrogen-bond acceptors (Lipinski definition) is 3. The van der Waals surface area contributed by atoms with Crippen LogP contribution in [-0.2, 0) is 9.47 Å². The first-order chi connectivity index (χ1) is 7.86. The summed E-state index contributed by atoms with van der Waals surface area (Å²) in [5, 5.41) is 3.53. The van der Waals surface area contributed by atoms with E-state index >= 15 is 0 Å². The van der Waals surface area contributed by atoms with Crippen LogP contribution in [0, 0.1) is 0 Å². The molecule has 3 nitrogen and oxygen atoms in total. The van der Waals surface area contributed by atoms with Gasteiger partial charge in [0.05, 0.1) is 31.0 Å². The van der Waals surface area contributed by atoms with Gasteiger partial charge in [0.1, 0.15) is 0 Å². The molecule has 16 heavy (non-hydrogen) atoms. The Morgan fingerprint density at radius 3 is 2.56 bits per heavy atom. The average Bonchev–Trinajstić information content (AvgIpc) is 2.61. The molecule has 3 fully saturated rings. The van der Waals surface area contributed by atoms with Crippen LogP contribution in [-0.4, -0.2) is 37.5 Å². The second kappa shape index (κ2) is 4.63. The Balaban J connectivity index is 1.44. The van der Waals surface area contributed by atoms with Crippen molar-refractivity contribution in [3.63, 3.8) is 0 Å². The molecule has 2 aliphatic heterocycles. The first kappa shape index (κ1) is 11.0. The monoisotopic (exact) mass is 225 g/mol. The highest BCUT2D eigenvalue weighted by Gasteiger charge is 2.40. The summed E-state index contributed by atoms with van der Waals surface area (Å²) >= 11 is 0. The summed E-state index contributed by atoms with van der Waals surface area (Å²) in [6.07, 6.45) is 9.76. The lowest BCUT2D eigenvalue weighted by atomic mass is 9.83. The fourth-order valence-corrected chi connectivity index (χ4v) is 3.25. The third-order valence-corrected chi connectivity index (χ3v) is 4.38. The number of hydrogen-bond donors (Lipinski definition) is 1. The van der Waals surface area contributed by atoms with E-state index in [2.05, 4.69) is 5.32 Å². The molecule has 1 atom stereocenters. The van der Waals surface area contributed by atoms with Crippen LogP contribution < -0.4 is 5.32 Å². The van der Waals surface area contributed by atoms with Crippen molar-refractivity contribution >= 4 is 0 Å². The minimum Gasteiger partial charge on any atom is -0.378 e. The molecule has 2 saturated heterocycles. The second-order valence-electron chi connectivity index (χ2n) is 5.66. The predicted octanol–water partition coefficient (Wildman–Crippen LogP) is 1.86. The van der Waals surface area contributed by atoms with Crippen molar-refractivity contribution in [1.29, 1.82) is 0 Å². The van der Waals surface area contributed by atoms with Gasteiger partial charge in [-0.15, -0.1) is 0 Å². The van der Waals surface area contributed by atoms with Crippen LogP contribution in [0.1, 0.15) is 44.9 Å².